The van der Waals surface area contributed by atoms with Gasteiger partial charge in [0.25, 0.3) is 0 Å². The lowest BCUT2D eigenvalue weighted by molar-refractivity contribution is 0.0447. The first-order valence-corrected chi connectivity index (χ1v) is 15.2. The lowest BCUT2D eigenvalue weighted by Gasteiger charge is -2.38. The van der Waals surface area contributed by atoms with E-state index in [0.717, 1.165) is 31.2 Å². The normalized spacial score (nSPS) is 26.0. The number of pyridine rings is 1. The van der Waals surface area contributed by atoms with Gasteiger partial charge in [-0.1, -0.05) is 31.2 Å². The van der Waals surface area contributed by atoms with Gasteiger partial charge in [0.2, 0.25) is 0 Å². The number of hydrogen-bond donors (Lipinski definition) is 1. The molecule has 2 aromatic heterocycles. The summed E-state index contributed by atoms with van der Waals surface area (Å²) in [7, 11) is 0. The van der Waals surface area contributed by atoms with Gasteiger partial charge in [-0.2, -0.15) is 9.97 Å². The fraction of sp³-hybridized carbons (Fsp3) is 0.485. The number of fused-ring (bicyclic) bond motifs is 3. The average Bonchev–Trinajstić information content (AvgIpc) is 3.51. The zero-order valence-corrected chi connectivity index (χ0v) is 24.5. The van der Waals surface area contributed by atoms with Crippen LogP contribution in [-0.4, -0.2) is 75.1 Å². The van der Waals surface area contributed by atoms with Crippen LogP contribution < -0.4 is 9.64 Å². The average molecular weight is 592 g/mol. The smallest absolute Gasteiger partial charge is 0.319 e. The first-order valence-electron chi connectivity index (χ1n) is 15.2. The van der Waals surface area contributed by atoms with E-state index in [9.17, 15) is 13.9 Å². The number of aryl methyl sites for hydroxylation is 1. The molecule has 0 aliphatic carbocycles. The van der Waals surface area contributed by atoms with Gasteiger partial charge in [-0.05, 0) is 68.0 Å². The Morgan fingerprint density at radius 3 is 2.74 bits per heavy atom. The predicted octanol–water partition coefficient (Wildman–Crippen LogP) is 5.99. The Morgan fingerprint density at radius 1 is 1.09 bits per heavy atom. The van der Waals surface area contributed by atoms with E-state index in [4.69, 9.17) is 9.72 Å². The molecule has 3 aliphatic heterocycles. The third-order valence-electron chi connectivity index (χ3n) is 9.55. The lowest BCUT2D eigenvalue weighted by atomic mass is 9.94. The lowest BCUT2D eigenvalue weighted by Crippen LogP contribution is -2.46. The van der Waals surface area contributed by atoms with Gasteiger partial charge in [-0.15, -0.1) is 0 Å². The van der Waals surface area contributed by atoms with E-state index < -0.39 is 23.1 Å². The molecule has 3 fully saturated rings. The van der Waals surface area contributed by atoms with Crippen LogP contribution in [0.2, 0.25) is 0 Å². The molecule has 1 N–H and O–H groups in total. The molecule has 3 atom stereocenters. The van der Waals surface area contributed by atoms with Crippen molar-refractivity contribution in [3.63, 3.8) is 0 Å². The summed E-state index contributed by atoms with van der Waals surface area (Å²) in [6, 6.07) is 8.57. The quantitative estimate of drug-likeness (QED) is 0.295. The second kappa shape index (κ2) is 10.6. The number of aromatic nitrogens is 3. The molecule has 0 bridgehead atoms. The number of ether oxygens (including phenoxy) is 1. The summed E-state index contributed by atoms with van der Waals surface area (Å²) in [5, 5.41) is 12.7. The zero-order chi connectivity index (χ0) is 29.9. The predicted molar refractivity (Wildman–Crippen MR) is 160 cm³/mol. The summed E-state index contributed by atoms with van der Waals surface area (Å²) >= 11 is 0. The Labute approximate surface area is 248 Å². The van der Waals surface area contributed by atoms with Gasteiger partial charge in [-0.25, -0.2) is 13.2 Å². The third-order valence-corrected chi connectivity index (χ3v) is 9.55. The van der Waals surface area contributed by atoms with Crippen LogP contribution in [0.15, 0.2) is 36.5 Å². The number of anilines is 1. The van der Waals surface area contributed by atoms with Crippen LogP contribution in [0.4, 0.5) is 19.0 Å². The molecule has 0 radical (unpaired) electrons. The maximum absolute atomic E-state index is 16.7. The molecule has 2 aromatic carbocycles. The molecule has 0 amide bonds. The van der Waals surface area contributed by atoms with Crippen molar-refractivity contribution in [3.8, 4) is 17.3 Å². The molecule has 3 saturated heterocycles. The van der Waals surface area contributed by atoms with Crippen molar-refractivity contribution >= 4 is 27.5 Å². The van der Waals surface area contributed by atoms with Crippen molar-refractivity contribution in [1.29, 1.82) is 0 Å². The summed E-state index contributed by atoms with van der Waals surface area (Å²) in [6.07, 6.45) is 4.65. The third kappa shape index (κ3) is 4.88. The van der Waals surface area contributed by atoms with Crippen molar-refractivity contribution in [2.45, 2.75) is 69.7 Å². The Bertz CT molecular complexity index is 1720. The minimum Gasteiger partial charge on any atom is -0.461 e. The van der Waals surface area contributed by atoms with Crippen LogP contribution in [0.3, 0.4) is 0 Å². The Balaban J connectivity index is 1.37. The molecule has 0 spiro atoms. The minimum absolute atomic E-state index is 0.00510. The number of hydrogen-bond acceptors (Lipinski definition) is 7. The summed E-state index contributed by atoms with van der Waals surface area (Å²) < 4.78 is 52.2. The fourth-order valence-electron chi connectivity index (χ4n) is 7.54. The van der Waals surface area contributed by atoms with Crippen LogP contribution in [0.1, 0.15) is 51.5 Å². The van der Waals surface area contributed by atoms with Crippen LogP contribution in [-0.2, 0) is 6.42 Å². The van der Waals surface area contributed by atoms with Gasteiger partial charge in [0, 0.05) is 37.8 Å². The molecule has 10 heteroatoms. The molecule has 5 heterocycles. The van der Waals surface area contributed by atoms with E-state index in [2.05, 4.69) is 14.9 Å². The highest BCUT2D eigenvalue weighted by molar-refractivity contribution is 6.00. The fourth-order valence-corrected chi connectivity index (χ4v) is 7.54. The van der Waals surface area contributed by atoms with Gasteiger partial charge in [-0.3, -0.25) is 9.88 Å². The van der Waals surface area contributed by atoms with Crippen LogP contribution in [0.25, 0.3) is 32.9 Å². The molecular formula is C33H36F3N5O2. The van der Waals surface area contributed by atoms with E-state index >= 15 is 4.39 Å². The molecule has 7 nitrogen and oxygen atoms in total. The standard InChI is InChI=1S/C33H36F3N5O2/c1-3-22-25(35)10-9-20-7-4-8-23(26(20)22)28-27(36)29-24(16-37-28)30(40-13-5-11-32(2,42)18-40)39-31(38-29)43-19-33-12-6-14-41(33)17-21(34)15-33/h4,7-10,16,21,42H,3,5-6,11-15,17-19H2,1-2H3/t21?,32-,33+/m1/s1. The summed E-state index contributed by atoms with van der Waals surface area (Å²) in [6.45, 7) is 6.01. The van der Waals surface area contributed by atoms with E-state index in [1.807, 2.05) is 24.0 Å². The van der Waals surface area contributed by atoms with Crippen molar-refractivity contribution in [1.82, 2.24) is 19.9 Å². The van der Waals surface area contributed by atoms with E-state index in [-0.39, 0.29) is 29.6 Å². The number of halogens is 3. The van der Waals surface area contributed by atoms with E-state index in [1.165, 1.54) is 6.07 Å². The highest BCUT2D eigenvalue weighted by Crippen LogP contribution is 2.41. The molecular weight excluding hydrogens is 555 g/mol. The molecule has 43 heavy (non-hydrogen) atoms. The Morgan fingerprint density at radius 2 is 1.93 bits per heavy atom. The van der Waals surface area contributed by atoms with E-state index in [0.29, 0.717) is 66.6 Å². The maximum atomic E-state index is 16.7. The summed E-state index contributed by atoms with van der Waals surface area (Å²) in [4.78, 5) is 17.9. The van der Waals surface area contributed by atoms with Gasteiger partial charge in [0.05, 0.1) is 16.5 Å². The molecule has 1 unspecified atom stereocenters. The summed E-state index contributed by atoms with van der Waals surface area (Å²) in [5.41, 5.74) is -0.265. The maximum Gasteiger partial charge on any atom is 0.319 e. The Hall–Kier alpha value is -3.50. The van der Waals surface area contributed by atoms with Gasteiger partial charge in [0.1, 0.15) is 35.6 Å². The molecule has 7 rings (SSSR count). The second-order valence-corrected chi connectivity index (χ2v) is 12.7. The van der Waals surface area contributed by atoms with E-state index in [1.54, 1.807) is 25.3 Å². The summed E-state index contributed by atoms with van der Waals surface area (Å²) in [5.74, 6) is -0.561. The van der Waals surface area contributed by atoms with Gasteiger partial charge >= 0.3 is 6.01 Å². The first-order chi connectivity index (χ1) is 20.7. The SMILES string of the molecule is CCc1c(F)ccc2cccc(-c3ncc4c(N5CCC[C@@](C)(O)C5)nc(OC[C@@]56CCCN5CC(F)C6)nc4c3F)c12. The number of benzene rings is 2. The molecule has 0 saturated carbocycles. The minimum atomic E-state index is -0.935. The van der Waals surface area contributed by atoms with Crippen LogP contribution in [0, 0.1) is 11.6 Å². The second-order valence-electron chi connectivity index (χ2n) is 12.7. The number of alkyl halides is 1. The molecule has 4 aromatic rings. The van der Waals surface area contributed by atoms with Crippen molar-refractivity contribution in [2.24, 2.45) is 0 Å². The highest BCUT2D eigenvalue weighted by Gasteiger charge is 2.49. The van der Waals surface area contributed by atoms with Crippen molar-refractivity contribution in [2.75, 3.05) is 37.7 Å². The number of nitrogens with zero attached hydrogens (tertiary/aromatic N) is 5. The largest absolute Gasteiger partial charge is 0.461 e. The van der Waals surface area contributed by atoms with Crippen LogP contribution >= 0.6 is 0 Å². The van der Waals surface area contributed by atoms with Crippen molar-refractivity contribution < 1.29 is 23.0 Å². The number of β-amino-alcohol motifs (C(OH)–C–C–N with tert-alkyl or cyclic N) is 1. The molecule has 3 aliphatic rings. The number of aliphatic hydroxyl groups is 1. The molecule has 226 valence electrons. The highest BCUT2D eigenvalue weighted by atomic mass is 19.1. The Kier molecular flexibility index (Phi) is 6.97. The van der Waals surface area contributed by atoms with Crippen LogP contribution in [0.5, 0.6) is 6.01 Å². The van der Waals surface area contributed by atoms with Gasteiger partial charge in [0.15, 0.2) is 5.82 Å². The number of rotatable bonds is 6. The first kappa shape index (κ1) is 28.3. The van der Waals surface area contributed by atoms with Gasteiger partial charge < -0.3 is 14.7 Å². The number of piperidine rings is 1. The topological polar surface area (TPSA) is 74.6 Å². The zero-order valence-electron chi connectivity index (χ0n) is 24.5. The monoisotopic (exact) mass is 591 g/mol. The van der Waals surface area contributed by atoms with Crippen molar-refractivity contribution in [3.05, 3.63) is 53.7 Å².